The lowest BCUT2D eigenvalue weighted by atomic mass is 9.92. The van der Waals surface area contributed by atoms with Crippen LogP contribution in [0.2, 0.25) is 0 Å². The standard InChI is InChI=1S/C15H20O4/c1-9-12-14(19-15(2,3)18-12)11(16)13(17-9)10-7-5-4-6-8-10/h4-9,11-14,16H,1-3H3/t9-,11+,12-,13+,14+/m1/s1. The van der Waals surface area contributed by atoms with Gasteiger partial charge in [0.05, 0.1) is 6.10 Å². The van der Waals surface area contributed by atoms with Crippen LogP contribution < -0.4 is 0 Å². The summed E-state index contributed by atoms with van der Waals surface area (Å²) in [6, 6.07) is 9.75. The van der Waals surface area contributed by atoms with Crippen molar-refractivity contribution in [2.75, 3.05) is 0 Å². The first kappa shape index (κ1) is 13.1. The van der Waals surface area contributed by atoms with Gasteiger partial charge in [-0.1, -0.05) is 30.3 Å². The maximum atomic E-state index is 10.5. The van der Waals surface area contributed by atoms with E-state index in [9.17, 15) is 5.11 Å². The van der Waals surface area contributed by atoms with Crippen molar-refractivity contribution in [3.05, 3.63) is 35.9 Å². The number of hydrogen-bond donors (Lipinski definition) is 1. The number of aliphatic hydroxyl groups excluding tert-OH is 1. The average molecular weight is 264 g/mol. The zero-order valence-corrected chi connectivity index (χ0v) is 11.4. The minimum atomic E-state index is -0.717. The molecule has 1 aromatic rings. The largest absolute Gasteiger partial charge is 0.387 e. The van der Waals surface area contributed by atoms with Crippen molar-refractivity contribution in [2.24, 2.45) is 0 Å². The van der Waals surface area contributed by atoms with Crippen LogP contribution in [0.4, 0.5) is 0 Å². The first-order valence-corrected chi connectivity index (χ1v) is 6.72. The second kappa shape index (κ2) is 4.56. The molecule has 1 aromatic carbocycles. The highest BCUT2D eigenvalue weighted by Crippen LogP contribution is 2.41. The first-order valence-electron chi connectivity index (χ1n) is 6.72. The third-order valence-electron chi connectivity index (χ3n) is 3.76. The SMILES string of the molecule is C[C@H]1O[C@@H](c2ccccc2)[C@H](O)[C@@H]2OC(C)(C)O[C@@H]21. The van der Waals surface area contributed by atoms with Gasteiger partial charge in [0.25, 0.3) is 0 Å². The van der Waals surface area contributed by atoms with Crippen molar-refractivity contribution < 1.29 is 19.3 Å². The summed E-state index contributed by atoms with van der Waals surface area (Å²) in [6.07, 6.45) is -1.75. The Kier molecular flexibility index (Phi) is 3.14. The van der Waals surface area contributed by atoms with Crippen molar-refractivity contribution in [2.45, 2.75) is 57.1 Å². The molecule has 4 nitrogen and oxygen atoms in total. The molecule has 0 aromatic heterocycles. The number of ether oxygens (including phenoxy) is 3. The van der Waals surface area contributed by atoms with Crippen LogP contribution in [-0.2, 0) is 14.2 Å². The molecule has 3 rings (SSSR count). The Balaban J connectivity index is 1.87. The molecule has 2 fully saturated rings. The zero-order chi connectivity index (χ0) is 13.6. The fourth-order valence-electron chi connectivity index (χ4n) is 2.92. The summed E-state index contributed by atoms with van der Waals surface area (Å²) in [7, 11) is 0. The Morgan fingerprint density at radius 2 is 1.68 bits per heavy atom. The van der Waals surface area contributed by atoms with Gasteiger partial charge in [0.15, 0.2) is 5.79 Å². The molecule has 2 aliphatic heterocycles. The van der Waals surface area contributed by atoms with Crippen LogP contribution in [0.15, 0.2) is 30.3 Å². The summed E-state index contributed by atoms with van der Waals surface area (Å²) in [4.78, 5) is 0. The van der Waals surface area contributed by atoms with Crippen LogP contribution in [0.3, 0.4) is 0 Å². The molecule has 4 heteroatoms. The van der Waals surface area contributed by atoms with E-state index >= 15 is 0 Å². The molecule has 2 aliphatic rings. The molecule has 0 unspecified atom stereocenters. The molecule has 0 amide bonds. The second-order valence-electron chi connectivity index (χ2n) is 5.73. The Morgan fingerprint density at radius 3 is 2.37 bits per heavy atom. The minimum absolute atomic E-state index is 0.111. The normalized spacial score (nSPS) is 40.9. The van der Waals surface area contributed by atoms with Crippen LogP contribution >= 0.6 is 0 Å². The molecule has 2 heterocycles. The summed E-state index contributed by atoms with van der Waals surface area (Å²) < 4.78 is 17.6. The summed E-state index contributed by atoms with van der Waals surface area (Å²) >= 11 is 0. The van der Waals surface area contributed by atoms with Gasteiger partial charge in [-0.25, -0.2) is 0 Å². The summed E-state index contributed by atoms with van der Waals surface area (Å²) in [5.41, 5.74) is 0.966. The monoisotopic (exact) mass is 264 g/mol. The number of benzene rings is 1. The Hall–Kier alpha value is -0.940. The Labute approximate surface area is 113 Å². The fourth-order valence-corrected chi connectivity index (χ4v) is 2.92. The molecule has 0 saturated carbocycles. The van der Waals surface area contributed by atoms with Gasteiger partial charge in [-0.15, -0.1) is 0 Å². The topological polar surface area (TPSA) is 47.9 Å². The van der Waals surface area contributed by atoms with Crippen LogP contribution in [0.1, 0.15) is 32.4 Å². The molecule has 0 spiro atoms. The molecule has 0 aliphatic carbocycles. The van der Waals surface area contributed by atoms with Gasteiger partial charge < -0.3 is 19.3 Å². The quantitative estimate of drug-likeness (QED) is 0.843. The van der Waals surface area contributed by atoms with Crippen molar-refractivity contribution in [1.29, 1.82) is 0 Å². The van der Waals surface area contributed by atoms with E-state index in [1.54, 1.807) is 0 Å². The van der Waals surface area contributed by atoms with Crippen LogP contribution in [0.25, 0.3) is 0 Å². The van der Waals surface area contributed by atoms with Gasteiger partial charge in [0.2, 0.25) is 0 Å². The van der Waals surface area contributed by atoms with Crippen molar-refractivity contribution in [3.63, 3.8) is 0 Å². The highest BCUT2D eigenvalue weighted by molar-refractivity contribution is 5.20. The molecular formula is C15H20O4. The van der Waals surface area contributed by atoms with E-state index in [4.69, 9.17) is 14.2 Å². The van der Waals surface area contributed by atoms with E-state index in [0.717, 1.165) is 5.56 Å². The summed E-state index contributed by atoms with van der Waals surface area (Å²) in [5, 5.41) is 10.5. The summed E-state index contributed by atoms with van der Waals surface area (Å²) in [6.45, 7) is 5.69. The Bertz CT molecular complexity index is 445. The third kappa shape index (κ3) is 2.30. The first-order chi connectivity index (χ1) is 8.98. The predicted molar refractivity (Wildman–Crippen MR) is 69.6 cm³/mol. The number of fused-ring (bicyclic) bond motifs is 1. The van der Waals surface area contributed by atoms with E-state index < -0.39 is 11.9 Å². The van der Waals surface area contributed by atoms with E-state index in [0.29, 0.717) is 0 Å². The number of aliphatic hydroxyl groups is 1. The second-order valence-corrected chi connectivity index (χ2v) is 5.73. The Morgan fingerprint density at radius 1 is 1.05 bits per heavy atom. The third-order valence-corrected chi connectivity index (χ3v) is 3.76. The van der Waals surface area contributed by atoms with Crippen LogP contribution in [-0.4, -0.2) is 35.3 Å². The molecule has 0 bridgehead atoms. The molecule has 5 atom stereocenters. The van der Waals surface area contributed by atoms with E-state index in [2.05, 4.69) is 0 Å². The molecule has 104 valence electrons. The fraction of sp³-hybridized carbons (Fsp3) is 0.600. The minimum Gasteiger partial charge on any atom is -0.387 e. The molecule has 2 saturated heterocycles. The van der Waals surface area contributed by atoms with Gasteiger partial charge >= 0.3 is 0 Å². The van der Waals surface area contributed by atoms with Crippen molar-refractivity contribution in [1.82, 2.24) is 0 Å². The lowest BCUT2D eigenvalue weighted by Crippen LogP contribution is -2.51. The van der Waals surface area contributed by atoms with Crippen molar-refractivity contribution in [3.8, 4) is 0 Å². The van der Waals surface area contributed by atoms with E-state index in [1.807, 2.05) is 51.1 Å². The van der Waals surface area contributed by atoms with E-state index in [-0.39, 0.29) is 24.4 Å². The van der Waals surface area contributed by atoms with Gasteiger partial charge in [0, 0.05) is 0 Å². The number of hydrogen-bond acceptors (Lipinski definition) is 4. The van der Waals surface area contributed by atoms with Gasteiger partial charge in [-0.2, -0.15) is 0 Å². The molecular weight excluding hydrogens is 244 g/mol. The zero-order valence-electron chi connectivity index (χ0n) is 11.4. The van der Waals surface area contributed by atoms with Gasteiger partial charge in [-0.05, 0) is 26.3 Å². The van der Waals surface area contributed by atoms with E-state index in [1.165, 1.54) is 0 Å². The maximum Gasteiger partial charge on any atom is 0.164 e. The highest BCUT2D eigenvalue weighted by atomic mass is 16.8. The average Bonchev–Trinajstić information content (AvgIpc) is 2.71. The van der Waals surface area contributed by atoms with Gasteiger partial charge in [0.1, 0.15) is 24.4 Å². The molecule has 0 radical (unpaired) electrons. The summed E-state index contributed by atoms with van der Waals surface area (Å²) in [5.74, 6) is -0.667. The lowest BCUT2D eigenvalue weighted by Gasteiger charge is -2.39. The van der Waals surface area contributed by atoms with Crippen LogP contribution in [0, 0.1) is 0 Å². The predicted octanol–water partition coefficient (Wildman–Crippen LogP) is 2.03. The maximum absolute atomic E-state index is 10.5. The lowest BCUT2D eigenvalue weighted by molar-refractivity contribution is -0.184. The molecule has 1 N–H and O–H groups in total. The smallest absolute Gasteiger partial charge is 0.164 e. The number of rotatable bonds is 1. The van der Waals surface area contributed by atoms with Crippen molar-refractivity contribution >= 4 is 0 Å². The van der Waals surface area contributed by atoms with Gasteiger partial charge in [-0.3, -0.25) is 0 Å². The highest BCUT2D eigenvalue weighted by Gasteiger charge is 2.53. The van der Waals surface area contributed by atoms with Crippen LogP contribution in [0.5, 0.6) is 0 Å². The molecule has 19 heavy (non-hydrogen) atoms.